The summed E-state index contributed by atoms with van der Waals surface area (Å²) in [4.78, 5) is 17.5. The summed E-state index contributed by atoms with van der Waals surface area (Å²) in [6.45, 7) is 4.03. The van der Waals surface area contributed by atoms with Crippen LogP contribution in [-0.4, -0.2) is 15.3 Å². The van der Waals surface area contributed by atoms with E-state index in [9.17, 15) is 4.79 Å². The fourth-order valence-corrected chi connectivity index (χ4v) is 3.70. The van der Waals surface area contributed by atoms with Crippen LogP contribution >= 0.6 is 15.9 Å². The average molecular weight is 448 g/mol. The number of halogens is 1. The van der Waals surface area contributed by atoms with Gasteiger partial charge in [-0.1, -0.05) is 46.3 Å². The van der Waals surface area contributed by atoms with E-state index in [1.165, 1.54) is 0 Å². The number of fused-ring (bicyclic) bond motifs is 1. The van der Waals surface area contributed by atoms with Crippen molar-refractivity contribution in [2.24, 2.45) is 0 Å². The summed E-state index contributed by atoms with van der Waals surface area (Å²) < 4.78 is 3.10. The molecule has 0 saturated heterocycles. The van der Waals surface area contributed by atoms with Crippen LogP contribution in [0.3, 0.4) is 0 Å². The standard InChI is InChI=1S/C24H22BrN3O/c1-16-6-7-17(2)20(15-16)26-23(29)13-12-21-24(18-8-10-19(25)11-9-18)27-22-5-3-4-14-28(21)22/h3-11,14-15H,12-13H2,1-2H3,(H,26,29). The van der Waals surface area contributed by atoms with Crippen molar-refractivity contribution in [2.45, 2.75) is 26.7 Å². The van der Waals surface area contributed by atoms with Crippen LogP contribution in [0, 0.1) is 13.8 Å². The van der Waals surface area contributed by atoms with Gasteiger partial charge in [0, 0.05) is 28.3 Å². The molecule has 4 aromatic rings. The van der Waals surface area contributed by atoms with Gasteiger partial charge in [-0.15, -0.1) is 0 Å². The lowest BCUT2D eigenvalue weighted by atomic mass is 10.1. The van der Waals surface area contributed by atoms with Crippen molar-refractivity contribution in [1.29, 1.82) is 0 Å². The number of imidazole rings is 1. The highest BCUT2D eigenvalue weighted by Crippen LogP contribution is 2.27. The third-order valence-corrected chi connectivity index (χ3v) is 5.53. The summed E-state index contributed by atoms with van der Waals surface area (Å²) in [5.41, 5.74) is 6.96. The number of carbonyl (C=O) groups excluding carboxylic acids is 1. The molecule has 4 nitrogen and oxygen atoms in total. The van der Waals surface area contributed by atoms with E-state index in [-0.39, 0.29) is 5.91 Å². The van der Waals surface area contributed by atoms with Crippen LogP contribution in [0.25, 0.3) is 16.9 Å². The number of rotatable bonds is 5. The highest BCUT2D eigenvalue weighted by Gasteiger charge is 2.15. The zero-order valence-corrected chi connectivity index (χ0v) is 18.0. The van der Waals surface area contributed by atoms with Gasteiger partial charge in [-0.3, -0.25) is 4.79 Å². The average Bonchev–Trinajstić information content (AvgIpc) is 3.08. The number of benzene rings is 2. The molecule has 4 rings (SSSR count). The fourth-order valence-electron chi connectivity index (χ4n) is 3.44. The number of hydrogen-bond donors (Lipinski definition) is 1. The van der Waals surface area contributed by atoms with E-state index in [1.54, 1.807) is 0 Å². The third-order valence-electron chi connectivity index (χ3n) is 5.00. The number of anilines is 1. The maximum Gasteiger partial charge on any atom is 0.224 e. The van der Waals surface area contributed by atoms with Gasteiger partial charge in [0.05, 0.1) is 11.4 Å². The van der Waals surface area contributed by atoms with Crippen LogP contribution in [0.1, 0.15) is 23.2 Å². The van der Waals surface area contributed by atoms with E-state index >= 15 is 0 Å². The minimum atomic E-state index is 0.00587. The van der Waals surface area contributed by atoms with Crippen molar-refractivity contribution in [2.75, 3.05) is 5.32 Å². The van der Waals surface area contributed by atoms with Gasteiger partial charge >= 0.3 is 0 Å². The molecule has 2 aromatic carbocycles. The minimum Gasteiger partial charge on any atom is -0.326 e. The molecule has 29 heavy (non-hydrogen) atoms. The van der Waals surface area contributed by atoms with Gasteiger partial charge in [-0.05, 0) is 61.7 Å². The van der Waals surface area contributed by atoms with Gasteiger partial charge in [0.15, 0.2) is 0 Å². The Kier molecular flexibility index (Phi) is 5.49. The molecule has 0 atom stereocenters. The van der Waals surface area contributed by atoms with E-state index in [2.05, 4.69) is 25.6 Å². The maximum atomic E-state index is 12.7. The van der Waals surface area contributed by atoms with Crippen molar-refractivity contribution in [1.82, 2.24) is 9.38 Å². The molecule has 0 unspecified atom stereocenters. The van der Waals surface area contributed by atoms with Crippen molar-refractivity contribution < 1.29 is 4.79 Å². The summed E-state index contributed by atoms with van der Waals surface area (Å²) >= 11 is 3.48. The molecule has 0 saturated carbocycles. The molecule has 0 aliphatic carbocycles. The number of carbonyl (C=O) groups is 1. The third kappa shape index (κ3) is 4.25. The van der Waals surface area contributed by atoms with E-state index in [0.717, 1.165) is 43.9 Å². The monoisotopic (exact) mass is 447 g/mol. The Balaban J connectivity index is 1.60. The quantitative estimate of drug-likeness (QED) is 0.410. The second-order valence-corrected chi connectivity index (χ2v) is 8.13. The summed E-state index contributed by atoms with van der Waals surface area (Å²) in [6, 6.07) is 20.2. The van der Waals surface area contributed by atoms with Crippen molar-refractivity contribution in [3.8, 4) is 11.3 Å². The van der Waals surface area contributed by atoms with Crippen molar-refractivity contribution in [3.63, 3.8) is 0 Å². The van der Waals surface area contributed by atoms with Crippen molar-refractivity contribution >= 4 is 33.2 Å². The van der Waals surface area contributed by atoms with Crippen LogP contribution in [0.4, 0.5) is 5.69 Å². The number of aryl methyl sites for hydroxylation is 3. The molecule has 0 aliphatic rings. The molecule has 5 heteroatoms. The molecule has 0 aliphatic heterocycles. The van der Waals surface area contributed by atoms with Gasteiger partial charge in [-0.25, -0.2) is 4.98 Å². The molecule has 0 spiro atoms. The Bertz CT molecular complexity index is 1180. The second-order valence-electron chi connectivity index (χ2n) is 7.21. The molecule has 1 N–H and O–H groups in total. The zero-order valence-electron chi connectivity index (χ0n) is 16.4. The number of nitrogens with one attached hydrogen (secondary N) is 1. The minimum absolute atomic E-state index is 0.00587. The predicted molar refractivity (Wildman–Crippen MR) is 121 cm³/mol. The molecule has 146 valence electrons. The maximum absolute atomic E-state index is 12.7. The highest BCUT2D eigenvalue weighted by molar-refractivity contribution is 9.10. The smallest absolute Gasteiger partial charge is 0.224 e. The Morgan fingerprint density at radius 3 is 2.66 bits per heavy atom. The normalized spacial score (nSPS) is 11.0. The summed E-state index contributed by atoms with van der Waals surface area (Å²) in [5.74, 6) is 0.00587. The predicted octanol–water partition coefficient (Wildman–Crippen LogP) is 5.95. The van der Waals surface area contributed by atoms with E-state index < -0.39 is 0 Å². The number of nitrogens with zero attached hydrogens (tertiary/aromatic N) is 2. The Hall–Kier alpha value is -2.92. The lowest BCUT2D eigenvalue weighted by Gasteiger charge is -2.10. The zero-order chi connectivity index (χ0) is 20.4. The lowest BCUT2D eigenvalue weighted by molar-refractivity contribution is -0.116. The van der Waals surface area contributed by atoms with E-state index in [0.29, 0.717) is 12.8 Å². The number of pyridine rings is 1. The summed E-state index contributed by atoms with van der Waals surface area (Å²) in [5, 5.41) is 3.05. The van der Waals surface area contributed by atoms with Crippen LogP contribution in [0.2, 0.25) is 0 Å². The van der Waals surface area contributed by atoms with Gasteiger partial charge in [0.1, 0.15) is 5.65 Å². The summed E-state index contributed by atoms with van der Waals surface area (Å²) in [6.07, 6.45) is 3.00. The lowest BCUT2D eigenvalue weighted by Crippen LogP contribution is -2.14. The van der Waals surface area contributed by atoms with Gasteiger partial charge in [0.25, 0.3) is 0 Å². The van der Waals surface area contributed by atoms with Gasteiger partial charge in [-0.2, -0.15) is 0 Å². The molecule has 0 fully saturated rings. The first-order chi connectivity index (χ1) is 14.0. The summed E-state index contributed by atoms with van der Waals surface area (Å²) in [7, 11) is 0. The molecule has 2 heterocycles. The first-order valence-electron chi connectivity index (χ1n) is 9.60. The molecule has 1 amide bonds. The SMILES string of the molecule is Cc1ccc(C)c(NC(=O)CCc2c(-c3ccc(Br)cc3)nc3ccccn23)c1. The largest absolute Gasteiger partial charge is 0.326 e. The van der Waals surface area contributed by atoms with E-state index in [1.807, 2.05) is 80.7 Å². The van der Waals surface area contributed by atoms with E-state index in [4.69, 9.17) is 4.98 Å². The number of aromatic nitrogens is 2. The Labute approximate surface area is 178 Å². The van der Waals surface area contributed by atoms with Crippen LogP contribution in [-0.2, 0) is 11.2 Å². The number of hydrogen-bond acceptors (Lipinski definition) is 2. The number of amides is 1. The Morgan fingerprint density at radius 1 is 1.07 bits per heavy atom. The highest BCUT2D eigenvalue weighted by atomic mass is 79.9. The van der Waals surface area contributed by atoms with Crippen LogP contribution in [0.5, 0.6) is 0 Å². The van der Waals surface area contributed by atoms with Crippen molar-refractivity contribution in [3.05, 3.63) is 88.2 Å². The van der Waals surface area contributed by atoms with Gasteiger partial charge < -0.3 is 9.72 Å². The second kappa shape index (κ2) is 8.21. The molecule has 2 aromatic heterocycles. The first kappa shape index (κ1) is 19.4. The topological polar surface area (TPSA) is 46.4 Å². The molecule has 0 bridgehead atoms. The molecular formula is C24H22BrN3O. The van der Waals surface area contributed by atoms with Crippen LogP contribution < -0.4 is 5.32 Å². The fraction of sp³-hybridized carbons (Fsp3) is 0.167. The van der Waals surface area contributed by atoms with Crippen LogP contribution in [0.15, 0.2) is 71.3 Å². The molecule has 0 radical (unpaired) electrons. The Morgan fingerprint density at radius 2 is 1.86 bits per heavy atom. The first-order valence-corrected chi connectivity index (χ1v) is 10.4. The molecular weight excluding hydrogens is 426 g/mol. The van der Waals surface area contributed by atoms with Gasteiger partial charge in [0.2, 0.25) is 5.91 Å².